The minimum absolute atomic E-state index is 0.0598. The lowest BCUT2D eigenvalue weighted by molar-refractivity contribution is -0.118. The molecule has 0 saturated heterocycles. The maximum Gasteiger partial charge on any atom is 0.291 e. The highest BCUT2D eigenvalue weighted by Crippen LogP contribution is 2.19. The zero-order chi connectivity index (χ0) is 19.9. The van der Waals surface area contributed by atoms with E-state index in [2.05, 4.69) is 10.6 Å². The second kappa shape index (κ2) is 8.90. The molecule has 2 N–H and O–H groups in total. The summed E-state index contributed by atoms with van der Waals surface area (Å²) in [7, 11) is 0. The lowest BCUT2D eigenvalue weighted by atomic mass is 10.2. The third kappa shape index (κ3) is 5.01. The number of para-hydroxylation sites is 1. The van der Waals surface area contributed by atoms with Crippen molar-refractivity contribution in [2.75, 3.05) is 10.6 Å². The van der Waals surface area contributed by atoms with E-state index in [1.54, 1.807) is 30.3 Å². The van der Waals surface area contributed by atoms with Gasteiger partial charge in [0.1, 0.15) is 12.4 Å². The van der Waals surface area contributed by atoms with Gasteiger partial charge in [-0.2, -0.15) is 0 Å². The summed E-state index contributed by atoms with van der Waals surface area (Å²) in [4.78, 5) is 24.3. The van der Waals surface area contributed by atoms with Crippen LogP contribution in [0.15, 0.2) is 71.3 Å². The van der Waals surface area contributed by atoms with Gasteiger partial charge in [-0.05, 0) is 42.5 Å². The summed E-state index contributed by atoms with van der Waals surface area (Å²) in [5, 5.41) is 5.59. The molecule has 0 spiro atoms. The Kier molecular flexibility index (Phi) is 6.11. The number of anilines is 2. The number of carbonyl (C=O) groups is 2. The molecule has 1 aromatic heterocycles. The summed E-state index contributed by atoms with van der Waals surface area (Å²) in [5.41, 5.74) is 1.92. The minimum atomic E-state index is -0.365. The van der Waals surface area contributed by atoms with Crippen LogP contribution in [-0.2, 0) is 11.4 Å². The van der Waals surface area contributed by atoms with Gasteiger partial charge in [0, 0.05) is 22.9 Å². The Morgan fingerprint density at radius 2 is 1.57 bits per heavy atom. The fraction of sp³-hybridized carbons (Fsp3) is 0.182. The highest BCUT2D eigenvalue weighted by atomic mass is 16.5. The van der Waals surface area contributed by atoms with Crippen LogP contribution in [0.5, 0.6) is 5.75 Å². The second-order valence-electron chi connectivity index (χ2n) is 6.55. The summed E-state index contributed by atoms with van der Waals surface area (Å²) >= 11 is 0. The second-order valence-corrected chi connectivity index (χ2v) is 6.55. The number of hydrogen-bond acceptors (Lipinski definition) is 4. The molecule has 1 heterocycles. The van der Waals surface area contributed by atoms with E-state index in [4.69, 9.17) is 9.15 Å². The van der Waals surface area contributed by atoms with Gasteiger partial charge in [0.2, 0.25) is 5.91 Å². The van der Waals surface area contributed by atoms with Gasteiger partial charge < -0.3 is 19.8 Å². The molecule has 0 atom stereocenters. The van der Waals surface area contributed by atoms with Crippen molar-refractivity contribution in [2.45, 2.75) is 20.5 Å². The molecule has 2 aromatic carbocycles. The maximum atomic E-state index is 12.5. The van der Waals surface area contributed by atoms with Crippen LogP contribution in [-0.4, -0.2) is 11.8 Å². The van der Waals surface area contributed by atoms with Gasteiger partial charge in [0.05, 0.1) is 6.26 Å². The first kappa shape index (κ1) is 19.2. The largest absolute Gasteiger partial charge is 0.489 e. The van der Waals surface area contributed by atoms with Crippen molar-refractivity contribution >= 4 is 23.2 Å². The Hall–Kier alpha value is -3.54. The third-order valence-electron chi connectivity index (χ3n) is 4.03. The van der Waals surface area contributed by atoms with Crippen molar-refractivity contribution in [1.82, 2.24) is 0 Å². The van der Waals surface area contributed by atoms with Crippen molar-refractivity contribution < 1.29 is 18.7 Å². The SMILES string of the molecule is CC(C)C(=O)Nc1ccc(NC(=O)c2occc2COc2ccccc2)cc1. The summed E-state index contributed by atoms with van der Waals surface area (Å²) in [6.45, 7) is 3.88. The lowest BCUT2D eigenvalue weighted by Gasteiger charge is -2.09. The first-order valence-electron chi connectivity index (χ1n) is 8.99. The number of furan rings is 1. The number of ether oxygens (including phenoxy) is 1. The molecule has 28 heavy (non-hydrogen) atoms. The molecule has 144 valence electrons. The molecule has 6 nitrogen and oxygen atoms in total. The third-order valence-corrected chi connectivity index (χ3v) is 4.03. The molecule has 0 saturated carbocycles. The zero-order valence-corrected chi connectivity index (χ0v) is 15.8. The monoisotopic (exact) mass is 378 g/mol. The van der Waals surface area contributed by atoms with Crippen LogP contribution in [0.3, 0.4) is 0 Å². The standard InChI is InChI=1S/C22H22N2O4/c1-15(2)21(25)23-17-8-10-18(11-9-17)24-22(26)20-16(12-13-27-20)14-28-19-6-4-3-5-7-19/h3-13,15H,14H2,1-2H3,(H,23,25)(H,24,26). The number of benzene rings is 2. The summed E-state index contributed by atoms with van der Waals surface area (Å²) in [6, 6.07) is 18.0. The molecule has 0 radical (unpaired) electrons. The van der Waals surface area contributed by atoms with Crippen LogP contribution in [0.4, 0.5) is 11.4 Å². The van der Waals surface area contributed by atoms with Crippen molar-refractivity contribution in [3.63, 3.8) is 0 Å². The van der Waals surface area contributed by atoms with Gasteiger partial charge in [-0.25, -0.2) is 0 Å². The topological polar surface area (TPSA) is 80.6 Å². The number of hydrogen-bond donors (Lipinski definition) is 2. The molecule has 3 rings (SSSR count). The predicted octanol–water partition coefficient (Wildman–Crippen LogP) is 4.71. The van der Waals surface area contributed by atoms with E-state index in [9.17, 15) is 9.59 Å². The van der Waals surface area contributed by atoms with Crippen LogP contribution in [0, 0.1) is 5.92 Å². The van der Waals surface area contributed by atoms with Gasteiger partial charge in [-0.1, -0.05) is 32.0 Å². The number of carbonyl (C=O) groups excluding carboxylic acids is 2. The van der Waals surface area contributed by atoms with Gasteiger partial charge >= 0.3 is 0 Å². The Balaban J connectivity index is 1.61. The minimum Gasteiger partial charge on any atom is -0.489 e. The first-order valence-corrected chi connectivity index (χ1v) is 8.99. The molecule has 0 aliphatic carbocycles. The Morgan fingerprint density at radius 3 is 2.21 bits per heavy atom. The van der Waals surface area contributed by atoms with Crippen LogP contribution in [0.1, 0.15) is 30.0 Å². The fourth-order valence-electron chi connectivity index (χ4n) is 2.44. The van der Waals surface area contributed by atoms with Crippen molar-refractivity contribution in [3.05, 3.63) is 78.3 Å². The van der Waals surface area contributed by atoms with Gasteiger partial charge in [0.25, 0.3) is 5.91 Å². The highest BCUT2D eigenvalue weighted by molar-refractivity contribution is 6.03. The zero-order valence-electron chi connectivity index (χ0n) is 15.8. The summed E-state index contributed by atoms with van der Waals surface area (Å²) in [6.07, 6.45) is 1.46. The summed E-state index contributed by atoms with van der Waals surface area (Å²) in [5.74, 6) is 0.392. The molecule has 0 aliphatic heterocycles. The number of nitrogens with one attached hydrogen (secondary N) is 2. The number of rotatable bonds is 7. The van der Waals surface area contributed by atoms with E-state index in [-0.39, 0.29) is 30.1 Å². The van der Waals surface area contributed by atoms with E-state index in [1.807, 2.05) is 44.2 Å². The molecule has 0 fully saturated rings. The Labute approximate surface area is 163 Å². The normalized spacial score (nSPS) is 10.5. The molecular weight excluding hydrogens is 356 g/mol. The highest BCUT2D eigenvalue weighted by Gasteiger charge is 2.16. The van der Waals surface area contributed by atoms with E-state index < -0.39 is 0 Å². The van der Waals surface area contributed by atoms with Crippen LogP contribution in [0.25, 0.3) is 0 Å². The molecule has 0 bridgehead atoms. The van der Waals surface area contributed by atoms with Crippen molar-refractivity contribution in [3.8, 4) is 5.75 Å². The summed E-state index contributed by atoms with van der Waals surface area (Å²) < 4.78 is 11.0. The average Bonchev–Trinajstić information content (AvgIpc) is 3.17. The molecule has 2 amide bonds. The molecule has 6 heteroatoms. The Morgan fingerprint density at radius 1 is 0.929 bits per heavy atom. The first-order chi connectivity index (χ1) is 13.5. The predicted molar refractivity (Wildman–Crippen MR) is 107 cm³/mol. The quantitative estimate of drug-likeness (QED) is 0.624. The van der Waals surface area contributed by atoms with E-state index in [0.29, 0.717) is 22.7 Å². The van der Waals surface area contributed by atoms with E-state index in [1.165, 1.54) is 6.26 Å². The number of amides is 2. The fourth-order valence-corrected chi connectivity index (χ4v) is 2.44. The van der Waals surface area contributed by atoms with Gasteiger partial charge in [0.15, 0.2) is 5.76 Å². The smallest absolute Gasteiger partial charge is 0.291 e. The van der Waals surface area contributed by atoms with Crippen LogP contribution in [0.2, 0.25) is 0 Å². The Bertz CT molecular complexity index is 931. The lowest BCUT2D eigenvalue weighted by Crippen LogP contribution is -2.17. The van der Waals surface area contributed by atoms with Gasteiger partial charge in [-0.3, -0.25) is 9.59 Å². The molecule has 0 unspecified atom stereocenters. The maximum absolute atomic E-state index is 12.5. The van der Waals surface area contributed by atoms with Crippen LogP contribution < -0.4 is 15.4 Å². The average molecular weight is 378 g/mol. The van der Waals surface area contributed by atoms with Crippen molar-refractivity contribution in [2.24, 2.45) is 5.92 Å². The van der Waals surface area contributed by atoms with Gasteiger partial charge in [-0.15, -0.1) is 0 Å². The molecule has 0 aliphatic rings. The van der Waals surface area contributed by atoms with Crippen molar-refractivity contribution in [1.29, 1.82) is 0 Å². The molecular formula is C22H22N2O4. The van der Waals surface area contributed by atoms with E-state index >= 15 is 0 Å². The van der Waals surface area contributed by atoms with Crippen LogP contribution >= 0.6 is 0 Å². The molecule has 3 aromatic rings. The van der Waals surface area contributed by atoms with E-state index in [0.717, 1.165) is 0 Å².